The zero-order valence-electron chi connectivity index (χ0n) is 9.28. The van der Waals surface area contributed by atoms with Gasteiger partial charge in [-0.3, -0.25) is 19.7 Å². The summed E-state index contributed by atoms with van der Waals surface area (Å²) < 4.78 is 0. The fraction of sp³-hybridized carbons (Fsp3) is 0.273. The molecular formula is C11H11NO6. The molecule has 0 heterocycles. The van der Waals surface area contributed by atoms with Crippen LogP contribution in [0.5, 0.6) is 0 Å². The Labute approximate surface area is 102 Å². The van der Waals surface area contributed by atoms with Crippen LogP contribution in [-0.2, 0) is 9.59 Å². The number of carboxylic acids is 2. The van der Waals surface area contributed by atoms with Crippen molar-refractivity contribution in [2.24, 2.45) is 0 Å². The summed E-state index contributed by atoms with van der Waals surface area (Å²) in [6.45, 7) is 0. The first-order valence-electron chi connectivity index (χ1n) is 5.11. The van der Waals surface area contributed by atoms with Crippen LogP contribution >= 0.6 is 0 Å². The lowest BCUT2D eigenvalue weighted by molar-refractivity contribution is -0.385. The predicted molar refractivity (Wildman–Crippen MR) is 60.3 cm³/mol. The molecule has 1 atom stereocenters. The van der Waals surface area contributed by atoms with E-state index in [1.807, 2.05) is 0 Å². The van der Waals surface area contributed by atoms with Crippen LogP contribution < -0.4 is 0 Å². The van der Waals surface area contributed by atoms with Crippen molar-refractivity contribution in [3.8, 4) is 0 Å². The van der Waals surface area contributed by atoms with Gasteiger partial charge in [0.1, 0.15) is 0 Å². The number of nitro benzene ring substituents is 1. The summed E-state index contributed by atoms with van der Waals surface area (Å²) in [5, 5.41) is 28.4. The van der Waals surface area contributed by atoms with Gasteiger partial charge < -0.3 is 10.2 Å². The Kier molecular flexibility index (Phi) is 4.36. The normalized spacial score (nSPS) is 11.8. The van der Waals surface area contributed by atoms with Crippen molar-refractivity contribution < 1.29 is 24.7 Å². The van der Waals surface area contributed by atoms with E-state index in [9.17, 15) is 19.7 Å². The molecule has 1 rings (SSSR count). The molecule has 1 unspecified atom stereocenters. The molecular weight excluding hydrogens is 242 g/mol. The second-order valence-electron chi connectivity index (χ2n) is 3.64. The second kappa shape index (κ2) is 5.76. The molecule has 7 heteroatoms. The Morgan fingerprint density at radius 3 is 2.39 bits per heavy atom. The maximum Gasteiger partial charge on any atom is 0.311 e. The minimum atomic E-state index is -1.27. The summed E-state index contributed by atoms with van der Waals surface area (Å²) in [6, 6.07) is 5.45. The third-order valence-corrected chi connectivity index (χ3v) is 2.45. The van der Waals surface area contributed by atoms with Crippen molar-refractivity contribution in [1.29, 1.82) is 0 Å². The second-order valence-corrected chi connectivity index (χ2v) is 3.64. The van der Waals surface area contributed by atoms with Crippen LogP contribution in [0.2, 0.25) is 0 Å². The number of carboxylic acid groups (broad SMARTS) is 2. The smallest absolute Gasteiger partial charge is 0.311 e. The van der Waals surface area contributed by atoms with Gasteiger partial charge in [-0.05, 0) is 6.42 Å². The van der Waals surface area contributed by atoms with Gasteiger partial charge in [0.2, 0.25) is 0 Å². The maximum absolute atomic E-state index is 11.1. The molecule has 0 bridgehead atoms. The third-order valence-electron chi connectivity index (χ3n) is 2.45. The zero-order chi connectivity index (χ0) is 13.7. The van der Waals surface area contributed by atoms with Gasteiger partial charge >= 0.3 is 11.9 Å². The van der Waals surface area contributed by atoms with Gasteiger partial charge in [0.25, 0.3) is 5.69 Å². The largest absolute Gasteiger partial charge is 0.481 e. The molecule has 0 amide bonds. The summed E-state index contributed by atoms with van der Waals surface area (Å²) in [5.41, 5.74) is -0.286. The molecule has 0 spiro atoms. The van der Waals surface area contributed by atoms with Gasteiger partial charge in [0, 0.05) is 18.1 Å². The van der Waals surface area contributed by atoms with Crippen LogP contribution in [0.3, 0.4) is 0 Å². The van der Waals surface area contributed by atoms with Crippen molar-refractivity contribution in [2.45, 2.75) is 18.8 Å². The molecule has 1 aromatic carbocycles. The molecule has 0 aliphatic rings. The first kappa shape index (κ1) is 13.6. The van der Waals surface area contributed by atoms with Gasteiger partial charge in [-0.2, -0.15) is 0 Å². The Balaban J connectivity index is 3.09. The average Bonchev–Trinajstić information content (AvgIpc) is 2.28. The number of hydrogen-bond donors (Lipinski definition) is 2. The van der Waals surface area contributed by atoms with Crippen LogP contribution in [0.25, 0.3) is 0 Å². The highest BCUT2D eigenvalue weighted by Crippen LogP contribution is 2.29. The maximum atomic E-state index is 11.1. The van der Waals surface area contributed by atoms with Gasteiger partial charge in [-0.25, -0.2) is 0 Å². The minimum Gasteiger partial charge on any atom is -0.481 e. The van der Waals surface area contributed by atoms with Crippen LogP contribution in [0.15, 0.2) is 24.3 Å². The Morgan fingerprint density at radius 2 is 1.89 bits per heavy atom. The molecule has 0 aliphatic carbocycles. The van der Waals surface area contributed by atoms with Crippen LogP contribution in [0.1, 0.15) is 24.3 Å². The molecule has 7 nitrogen and oxygen atoms in total. The van der Waals surface area contributed by atoms with Gasteiger partial charge in [0.05, 0.1) is 10.8 Å². The van der Waals surface area contributed by atoms with Gasteiger partial charge in [-0.15, -0.1) is 0 Å². The van der Waals surface area contributed by atoms with E-state index in [4.69, 9.17) is 10.2 Å². The average molecular weight is 253 g/mol. The summed E-state index contributed by atoms with van der Waals surface area (Å²) in [5.74, 6) is -3.60. The van der Waals surface area contributed by atoms with Gasteiger partial charge in [-0.1, -0.05) is 18.2 Å². The van der Waals surface area contributed by atoms with E-state index >= 15 is 0 Å². The quantitative estimate of drug-likeness (QED) is 0.587. The van der Waals surface area contributed by atoms with E-state index in [-0.39, 0.29) is 24.1 Å². The molecule has 18 heavy (non-hydrogen) atoms. The Morgan fingerprint density at radius 1 is 1.28 bits per heavy atom. The van der Waals surface area contributed by atoms with Crippen LogP contribution in [0, 0.1) is 10.1 Å². The van der Waals surface area contributed by atoms with E-state index in [2.05, 4.69) is 0 Å². The summed E-state index contributed by atoms with van der Waals surface area (Å²) in [6.07, 6.45) is -0.543. The number of para-hydroxylation sites is 1. The van der Waals surface area contributed by atoms with Crippen LogP contribution in [-0.4, -0.2) is 27.1 Å². The summed E-state index contributed by atoms with van der Waals surface area (Å²) >= 11 is 0. The van der Waals surface area contributed by atoms with Crippen molar-refractivity contribution in [3.05, 3.63) is 39.9 Å². The highest BCUT2D eigenvalue weighted by atomic mass is 16.6. The molecule has 0 saturated carbocycles. The lowest BCUT2D eigenvalue weighted by Gasteiger charge is -2.11. The fourth-order valence-corrected chi connectivity index (χ4v) is 1.63. The highest BCUT2D eigenvalue weighted by molar-refractivity contribution is 5.79. The lowest BCUT2D eigenvalue weighted by atomic mass is 9.93. The predicted octanol–water partition coefficient (Wildman–Crippen LogP) is 1.63. The van der Waals surface area contributed by atoms with Gasteiger partial charge in [0.15, 0.2) is 0 Å². The summed E-state index contributed by atoms with van der Waals surface area (Å²) in [4.78, 5) is 31.6. The molecule has 0 fully saturated rings. The molecule has 0 saturated heterocycles. The van der Waals surface area contributed by atoms with E-state index in [1.54, 1.807) is 0 Å². The lowest BCUT2D eigenvalue weighted by Crippen LogP contribution is -2.15. The monoisotopic (exact) mass is 253 g/mol. The first-order chi connectivity index (χ1) is 8.43. The molecule has 1 aromatic rings. The van der Waals surface area contributed by atoms with Crippen molar-refractivity contribution >= 4 is 17.6 Å². The number of nitrogens with zero attached hydrogens (tertiary/aromatic N) is 1. The summed E-state index contributed by atoms with van der Waals surface area (Å²) in [7, 11) is 0. The number of aliphatic carboxylic acids is 2. The Hall–Kier alpha value is -2.44. The molecule has 0 aromatic heterocycles. The number of hydrogen-bond acceptors (Lipinski definition) is 4. The zero-order valence-corrected chi connectivity index (χ0v) is 9.28. The van der Waals surface area contributed by atoms with E-state index in [0.717, 1.165) is 0 Å². The SMILES string of the molecule is O=C(O)CCC(C(=O)O)c1ccccc1[N+](=O)[O-]. The molecule has 0 radical (unpaired) electrons. The standard InChI is InChI=1S/C11H11NO6/c13-10(14)6-5-8(11(15)16)7-3-1-2-4-9(7)12(17)18/h1-4,8H,5-6H2,(H,13,14)(H,15,16). The Bertz CT molecular complexity index is 484. The van der Waals surface area contributed by atoms with Crippen molar-refractivity contribution in [3.63, 3.8) is 0 Å². The third kappa shape index (κ3) is 3.27. The molecule has 2 N–H and O–H groups in total. The van der Waals surface area contributed by atoms with Crippen molar-refractivity contribution in [1.82, 2.24) is 0 Å². The highest BCUT2D eigenvalue weighted by Gasteiger charge is 2.27. The van der Waals surface area contributed by atoms with E-state index < -0.39 is 22.8 Å². The number of rotatable bonds is 6. The number of carbonyl (C=O) groups is 2. The van der Waals surface area contributed by atoms with E-state index in [0.29, 0.717) is 0 Å². The topological polar surface area (TPSA) is 118 Å². The first-order valence-corrected chi connectivity index (χ1v) is 5.11. The number of benzene rings is 1. The van der Waals surface area contributed by atoms with E-state index in [1.165, 1.54) is 24.3 Å². The number of nitro groups is 1. The van der Waals surface area contributed by atoms with Crippen molar-refractivity contribution in [2.75, 3.05) is 0 Å². The minimum absolute atomic E-state index is 0.0243. The fourth-order valence-electron chi connectivity index (χ4n) is 1.63. The van der Waals surface area contributed by atoms with Crippen LogP contribution in [0.4, 0.5) is 5.69 Å². The molecule has 0 aliphatic heterocycles. The molecule has 96 valence electrons.